The van der Waals surface area contributed by atoms with Crippen molar-refractivity contribution in [3.8, 4) is 11.5 Å². The molecule has 0 aromatic heterocycles. The largest absolute Gasteiger partial charge is 0.486 e. The maximum Gasteiger partial charge on any atom is 0.243 e. The number of ether oxygens (including phenoxy) is 2. The first kappa shape index (κ1) is 27.2. The normalized spacial score (nSPS) is 13.9. The number of hydrogen-bond donors (Lipinski definition) is 1. The Morgan fingerprint density at radius 2 is 1.58 bits per heavy atom. The van der Waals surface area contributed by atoms with E-state index in [1.54, 1.807) is 4.90 Å². The summed E-state index contributed by atoms with van der Waals surface area (Å²) in [5.41, 5.74) is 4.17. The molecule has 0 unspecified atom stereocenters. The number of carbonyl (C=O) groups is 2. The van der Waals surface area contributed by atoms with Crippen LogP contribution in [-0.2, 0) is 29.0 Å². The summed E-state index contributed by atoms with van der Waals surface area (Å²) in [6.07, 6.45) is 2.10. The van der Waals surface area contributed by atoms with E-state index in [1.165, 1.54) is 0 Å². The van der Waals surface area contributed by atoms with Crippen molar-refractivity contribution >= 4 is 11.8 Å². The van der Waals surface area contributed by atoms with E-state index < -0.39 is 6.04 Å². The Morgan fingerprint density at radius 1 is 0.895 bits per heavy atom. The number of fused-ring (bicyclic) bond motifs is 1. The van der Waals surface area contributed by atoms with Crippen LogP contribution in [0, 0.1) is 6.92 Å². The first-order chi connectivity index (χ1) is 18.4. The zero-order valence-corrected chi connectivity index (χ0v) is 22.6. The van der Waals surface area contributed by atoms with Gasteiger partial charge < -0.3 is 19.7 Å². The second kappa shape index (κ2) is 13.1. The van der Waals surface area contributed by atoms with Gasteiger partial charge in [-0.3, -0.25) is 9.59 Å². The molecular weight excluding hydrogens is 476 g/mol. The summed E-state index contributed by atoms with van der Waals surface area (Å²) in [4.78, 5) is 29.2. The van der Waals surface area contributed by atoms with Gasteiger partial charge in [-0.05, 0) is 55.5 Å². The first-order valence-corrected chi connectivity index (χ1v) is 13.5. The Labute approximate surface area is 226 Å². The van der Waals surface area contributed by atoms with E-state index in [0.29, 0.717) is 38.3 Å². The van der Waals surface area contributed by atoms with Crippen molar-refractivity contribution in [1.29, 1.82) is 0 Å². The van der Waals surface area contributed by atoms with Gasteiger partial charge in [-0.15, -0.1) is 0 Å². The fourth-order valence-electron chi connectivity index (χ4n) is 4.52. The predicted octanol–water partition coefficient (Wildman–Crippen LogP) is 5.25. The fraction of sp³-hybridized carbons (Fsp3) is 0.375. The molecule has 0 bridgehead atoms. The third kappa shape index (κ3) is 7.37. The average molecular weight is 515 g/mol. The third-order valence-corrected chi connectivity index (χ3v) is 6.98. The summed E-state index contributed by atoms with van der Waals surface area (Å²) in [6, 6.07) is 23.3. The van der Waals surface area contributed by atoms with Crippen molar-refractivity contribution in [3.05, 3.63) is 95.1 Å². The molecule has 0 spiro atoms. The van der Waals surface area contributed by atoms with Crippen LogP contribution in [0.2, 0.25) is 0 Å². The highest BCUT2D eigenvalue weighted by Crippen LogP contribution is 2.31. The van der Waals surface area contributed by atoms with Crippen molar-refractivity contribution in [1.82, 2.24) is 10.2 Å². The lowest BCUT2D eigenvalue weighted by Gasteiger charge is -2.32. The quantitative estimate of drug-likeness (QED) is 0.379. The second-order valence-electron chi connectivity index (χ2n) is 10.0. The van der Waals surface area contributed by atoms with Gasteiger partial charge in [-0.1, -0.05) is 73.2 Å². The van der Waals surface area contributed by atoms with Crippen LogP contribution in [-0.4, -0.2) is 42.0 Å². The van der Waals surface area contributed by atoms with Gasteiger partial charge in [0, 0.05) is 25.4 Å². The van der Waals surface area contributed by atoms with Gasteiger partial charge in [0.2, 0.25) is 11.8 Å². The van der Waals surface area contributed by atoms with Crippen LogP contribution in [0.25, 0.3) is 0 Å². The molecule has 1 heterocycles. The maximum atomic E-state index is 13.9. The van der Waals surface area contributed by atoms with Gasteiger partial charge in [-0.2, -0.15) is 0 Å². The summed E-state index contributed by atoms with van der Waals surface area (Å²) in [7, 11) is 0. The zero-order chi connectivity index (χ0) is 26.9. The highest BCUT2D eigenvalue weighted by Gasteiger charge is 2.30. The van der Waals surface area contributed by atoms with Gasteiger partial charge in [0.1, 0.15) is 19.3 Å². The molecule has 2 amide bonds. The van der Waals surface area contributed by atoms with Crippen molar-refractivity contribution in [2.24, 2.45) is 0 Å². The molecule has 6 nitrogen and oxygen atoms in total. The van der Waals surface area contributed by atoms with Crippen molar-refractivity contribution in [2.75, 3.05) is 13.2 Å². The van der Waals surface area contributed by atoms with Crippen LogP contribution in [0.1, 0.15) is 48.9 Å². The molecule has 200 valence electrons. The van der Waals surface area contributed by atoms with E-state index >= 15 is 0 Å². The number of benzene rings is 3. The van der Waals surface area contributed by atoms with Crippen LogP contribution in [0.5, 0.6) is 11.5 Å². The lowest BCUT2D eigenvalue weighted by atomic mass is 10.0. The highest BCUT2D eigenvalue weighted by atomic mass is 16.6. The minimum absolute atomic E-state index is 0.0230. The number of amides is 2. The van der Waals surface area contributed by atoms with Crippen LogP contribution >= 0.6 is 0 Å². The van der Waals surface area contributed by atoms with E-state index in [-0.39, 0.29) is 24.3 Å². The first-order valence-electron chi connectivity index (χ1n) is 13.5. The van der Waals surface area contributed by atoms with E-state index in [9.17, 15) is 9.59 Å². The number of hydrogen-bond acceptors (Lipinski definition) is 4. The molecule has 1 aliphatic rings. The minimum atomic E-state index is -0.625. The third-order valence-electron chi connectivity index (χ3n) is 6.98. The van der Waals surface area contributed by atoms with Crippen LogP contribution in [0.3, 0.4) is 0 Å². The number of aryl methyl sites for hydroxylation is 2. The summed E-state index contributed by atoms with van der Waals surface area (Å²) in [5, 5.41) is 3.12. The molecule has 0 aliphatic carbocycles. The maximum absolute atomic E-state index is 13.9. The Balaban J connectivity index is 1.59. The zero-order valence-electron chi connectivity index (χ0n) is 22.6. The minimum Gasteiger partial charge on any atom is -0.486 e. The number of nitrogens with zero attached hydrogens (tertiary/aromatic N) is 1. The van der Waals surface area contributed by atoms with Crippen LogP contribution < -0.4 is 14.8 Å². The highest BCUT2D eigenvalue weighted by molar-refractivity contribution is 5.88. The molecule has 38 heavy (non-hydrogen) atoms. The van der Waals surface area contributed by atoms with Crippen LogP contribution in [0.4, 0.5) is 0 Å². The molecular formula is C32H38N2O4. The molecule has 3 aromatic rings. The number of nitrogens with one attached hydrogen (secondary N) is 1. The summed E-state index contributed by atoms with van der Waals surface area (Å²) >= 11 is 0. The summed E-state index contributed by atoms with van der Waals surface area (Å²) in [5.74, 6) is 1.27. The molecule has 1 N–H and O–H groups in total. The van der Waals surface area contributed by atoms with Crippen molar-refractivity contribution < 1.29 is 19.1 Å². The van der Waals surface area contributed by atoms with E-state index in [2.05, 4.69) is 5.32 Å². The number of rotatable bonds is 11. The fourth-order valence-corrected chi connectivity index (χ4v) is 4.52. The molecule has 0 saturated carbocycles. The van der Waals surface area contributed by atoms with Crippen molar-refractivity contribution in [3.63, 3.8) is 0 Å². The Hall–Kier alpha value is -3.80. The second-order valence-corrected chi connectivity index (χ2v) is 10.0. The van der Waals surface area contributed by atoms with Crippen LogP contribution in [0.15, 0.2) is 72.8 Å². The SMILES string of the molecule is CC[C@@H](C)NC(=O)[C@H](Cc1ccccc1)N(Cc1ccc(C)cc1)C(=O)CCc1ccc2c(c1)OCCO2. The predicted molar refractivity (Wildman–Crippen MR) is 149 cm³/mol. The lowest BCUT2D eigenvalue weighted by Crippen LogP contribution is -2.52. The van der Waals surface area contributed by atoms with E-state index in [4.69, 9.17) is 9.47 Å². The van der Waals surface area contributed by atoms with Gasteiger partial charge in [0.25, 0.3) is 0 Å². The Kier molecular flexibility index (Phi) is 9.41. The smallest absolute Gasteiger partial charge is 0.243 e. The molecule has 6 heteroatoms. The van der Waals surface area contributed by atoms with Crippen molar-refractivity contribution in [2.45, 2.75) is 65.1 Å². The van der Waals surface area contributed by atoms with E-state index in [0.717, 1.165) is 34.4 Å². The van der Waals surface area contributed by atoms with Gasteiger partial charge in [-0.25, -0.2) is 0 Å². The molecule has 1 aliphatic heterocycles. The summed E-state index contributed by atoms with van der Waals surface area (Å²) < 4.78 is 11.3. The molecule has 3 aromatic carbocycles. The van der Waals surface area contributed by atoms with E-state index in [1.807, 2.05) is 93.6 Å². The molecule has 4 rings (SSSR count). The molecule has 2 atom stereocenters. The summed E-state index contributed by atoms with van der Waals surface area (Å²) in [6.45, 7) is 7.50. The van der Waals surface area contributed by atoms with Gasteiger partial charge in [0.05, 0.1) is 0 Å². The van der Waals surface area contributed by atoms with Gasteiger partial charge in [0.15, 0.2) is 11.5 Å². The molecule has 0 radical (unpaired) electrons. The average Bonchev–Trinajstić information content (AvgIpc) is 2.94. The Morgan fingerprint density at radius 3 is 2.29 bits per heavy atom. The Bertz CT molecular complexity index is 1210. The van der Waals surface area contributed by atoms with Gasteiger partial charge >= 0.3 is 0 Å². The molecule has 0 saturated heterocycles. The lowest BCUT2D eigenvalue weighted by molar-refractivity contribution is -0.141. The monoisotopic (exact) mass is 514 g/mol. The topological polar surface area (TPSA) is 67.9 Å². The molecule has 0 fully saturated rings. The standard InChI is InChI=1S/C32H38N2O4/c1-4-24(3)33-32(36)28(20-25-8-6-5-7-9-25)34(22-27-12-10-23(2)11-13-27)31(35)17-15-26-14-16-29-30(21-26)38-19-18-37-29/h5-14,16,21,24,28H,4,15,17-20,22H2,1-3H3,(H,33,36)/t24-,28+/m1/s1. The number of carbonyl (C=O) groups excluding carboxylic acids is 2.